The van der Waals surface area contributed by atoms with Crippen LogP contribution in [-0.2, 0) is 0 Å². The molecule has 12 heteroatoms. The summed E-state index contributed by atoms with van der Waals surface area (Å²) >= 11 is 0. The van der Waals surface area contributed by atoms with E-state index in [1.54, 1.807) is 35.9 Å². The minimum atomic E-state index is -1.34. The number of rotatable bonds is 9. The number of carboxylic acid groups (broad SMARTS) is 1. The number of piperazine rings is 1. The number of carbonyl (C=O) groups excluding carboxylic acids is 1. The summed E-state index contributed by atoms with van der Waals surface area (Å²) < 4.78 is 28.1. The number of aromatic carboxylic acids is 1. The zero-order chi connectivity index (χ0) is 29.3. The Balaban J connectivity index is 1.30. The Bertz CT molecular complexity index is 1570. The summed E-state index contributed by atoms with van der Waals surface area (Å²) in [5, 5.41) is 13.8. The van der Waals surface area contributed by atoms with Crippen molar-refractivity contribution in [1.82, 2.24) is 14.9 Å². The molecule has 2 heterocycles. The fourth-order valence-electron chi connectivity index (χ4n) is 5.17. The number of aromatic nitrogens is 1. The molecule has 1 aliphatic carbocycles. The highest BCUT2D eigenvalue weighted by Crippen LogP contribution is 2.43. The number of hydrogen-bond donors (Lipinski definition) is 2. The molecule has 2 aromatic carbocycles. The van der Waals surface area contributed by atoms with Crippen LogP contribution in [-0.4, -0.2) is 79.1 Å². The first-order chi connectivity index (χ1) is 19.7. The number of anilines is 1. The van der Waals surface area contributed by atoms with E-state index in [2.05, 4.69) is 15.4 Å². The molecule has 1 saturated carbocycles. The van der Waals surface area contributed by atoms with Gasteiger partial charge in [-0.2, -0.15) is 5.10 Å². The second kappa shape index (κ2) is 11.6. The number of ether oxygens (including phenoxy) is 2. The van der Waals surface area contributed by atoms with E-state index in [4.69, 9.17) is 9.47 Å². The average molecular weight is 566 g/mol. The second-order valence-electron chi connectivity index (χ2n) is 10.2. The molecule has 0 atom stereocenters. The van der Waals surface area contributed by atoms with Crippen molar-refractivity contribution in [1.29, 1.82) is 0 Å². The number of amides is 1. The van der Waals surface area contributed by atoms with Crippen LogP contribution in [0, 0.1) is 5.82 Å². The van der Waals surface area contributed by atoms with Crippen LogP contribution in [0.5, 0.6) is 11.5 Å². The molecule has 0 unspecified atom stereocenters. The summed E-state index contributed by atoms with van der Waals surface area (Å²) in [5.41, 5.74) is 3.32. The molecule has 1 aromatic heterocycles. The van der Waals surface area contributed by atoms with Crippen molar-refractivity contribution in [2.24, 2.45) is 5.10 Å². The van der Waals surface area contributed by atoms with Crippen molar-refractivity contribution in [2.45, 2.75) is 25.8 Å². The molecule has 0 spiro atoms. The Morgan fingerprint density at radius 1 is 1.10 bits per heavy atom. The van der Waals surface area contributed by atoms with E-state index in [-0.39, 0.29) is 34.3 Å². The normalized spacial score (nSPS) is 16.1. The molecule has 0 bridgehead atoms. The molecule has 11 nitrogen and oxygen atoms in total. The minimum absolute atomic E-state index is 0.00272. The molecule has 1 aliphatic heterocycles. The summed E-state index contributed by atoms with van der Waals surface area (Å²) in [6, 6.07) is 7.90. The summed E-state index contributed by atoms with van der Waals surface area (Å²) in [6.45, 7) is 4.54. The average Bonchev–Trinajstić information content (AvgIpc) is 3.82. The number of carboxylic acids is 1. The van der Waals surface area contributed by atoms with Crippen LogP contribution in [0.4, 0.5) is 10.1 Å². The molecule has 1 amide bonds. The first-order valence-corrected chi connectivity index (χ1v) is 13.3. The highest BCUT2D eigenvalue weighted by molar-refractivity contribution is 5.97. The zero-order valence-corrected chi connectivity index (χ0v) is 23.1. The molecule has 0 radical (unpaired) electrons. The van der Waals surface area contributed by atoms with Gasteiger partial charge in [0.1, 0.15) is 17.0 Å². The van der Waals surface area contributed by atoms with Gasteiger partial charge in [0, 0.05) is 56.2 Å². The predicted octanol–water partition coefficient (Wildman–Crippen LogP) is 3.12. The molecule has 2 aliphatic rings. The Hall–Kier alpha value is -4.45. The zero-order valence-electron chi connectivity index (χ0n) is 23.1. The van der Waals surface area contributed by atoms with Crippen LogP contribution >= 0.6 is 0 Å². The highest BCUT2D eigenvalue weighted by atomic mass is 19.1. The van der Waals surface area contributed by atoms with Gasteiger partial charge in [-0.3, -0.25) is 14.5 Å². The molecular formula is C29H32FN5O6. The standard InChI is InChI=1S/C29H32FN5O6/c1-17(31-32-28(37)18-4-8-20(40-2)9-5-18)15-33-10-12-34(13-11-33)25-23(30)14-21-24(27(25)41-3)35(19-6-7-19)16-22(26(21)36)29(38)39/h4-5,8-9,14,16,19H,6-7,10-13,15H2,1-3H3,(H,32,37)(H,38,39)/b31-17+. The Kier molecular flexibility index (Phi) is 7.93. The lowest BCUT2D eigenvalue weighted by Crippen LogP contribution is -2.48. The van der Waals surface area contributed by atoms with Crippen molar-refractivity contribution < 1.29 is 28.6 Å². The van der Waals surface area contributed by atoms with Gasteiger partial charge >= 0.3 is 5.97 Å². The van der Waals surface area contributed by atoms with E-state index in [0.29, 0.717) is 49.6 Å². The summed E-state index contributed by atoms with van der Waals surface area (Å²) in [4.78, 5) is 41.1. The van der Waals surface area contributed by atoms with E-state index >= 15 is 4.39 Å². The van der Waals surface area contributed by atoms with E-state index < -0.39 is 17.2 Å². The largest absolute Gasteiger partial charge is 0.497 e. The number of pyridine rings is 1. The summed E-state index contributed by atoms with van der Waals surface area (Å²) in [7, 11) is 2.99. The summed E-state index contributed by atoms with van der Waals surface area (Å²) in [6.07, 6.45) is 3.03. The molecular weight excluding hydrogens is 533 g/mol. The van der Waals surface area contributed by atoms with Gasteiger partial charge in [-0.05, 0) is 50.1 Å². The van der Waals surface area contributed by atoms with Gasteiger partial charge in [0.15, 0.2) is 11.6 Å². The maximum absolute atomic E-state index is 15.6. The Morgan fingerprint density at radius 2 is 1.78 bits per heavy atom. The lowest BCUT2D eigenvalue weighted by atomic mass is 10.1. The third kappa shape index (κ3) is 5.73. The van der Waals surface area contributed by atoms with Gasteiger partial charge in [-0.25, -0.2) is 14.6 Å². The van der Waals surface area contributed by atoms with Crippen molar-refractivity contribution in [2.75, 3.05) is 51.8 Å². The van der Waals surface area contributed by atoms with Gasteiger partial charge in [0.25, 0.3) is 5.91 Å². The number of hydrazone groups is 1. The fourth-order valence-corrected chi connectivity index (χ4v) is 5.17. The minimum Gasteiger partial charge on any atom is -0.497 e. The first kappa shape index (κ1) is 28.1. The quantitative estimate of drug-likeness (QED) is 0.300. The van der Waals surface area contributed by atoms with Crippen LogP contribution in [0.3, 0.4) is 0 Å². The van der Waals surface area contributed by atoms with Gasteiger partial charge < -0.3 is 24.0 Å². The topological polar surface area (TPSA) is 126 Å². The van der Waals surface area contributed by atoms with Crippen molar-refractivity contribution in [3.63, 3.8) is 0 Å². The number of hydrogen-bond acceptors (Lipinski definition) is 8. The van der Waals surface area contributed by atoms with E-state index in [1.165, 1.54) is 13.3 Å². The number of carbonyl (C=O) groups is 2. The maximum Gasteiger partial charge on any atom is 0.341 e. The third-order valence-electron chi connectivity index (χ3n) is 7.41. The number of methoxy groups -OCH3 is 2. The maximum atomic E-state index is 15.6. The fraction of sp³-hybridized carbons (Fsp3) is 0.379. The SMILES string of the molecule is COc1ccc(C(=O)N/N=C(\C)CN2CCN(c3c(F)cc4c(=O)c(C(=O)O)cn(C5CC5)c4c3OC)CC2)cc1. The van der Waals surface area contributed by atoms with Crippen LogP contribution in [0.1, 0.15) is 46.5 Å². The number of nitrogens with zero attached hydrogens (tertiary/aromatic N) is 4. The van der Waals surface area contributed by atoms with Crippen LogP contribution < -0.4 is 25.2 Å². The number of fused-ring (bicyclic) bond motifs is 1. The van der Waals surface area contributed by atoms with E-state index in [9.17, 15) is 19.5 Å². The van der Waals surface area contributed by atoms with E-state index in [1.807, 2.05) is 11.8 Å². The third-order valence-corrected chi connectivity index (χ3v) is 7.41. The van der Waals surface area contributed by atoms with Crippen LogP contribution in [0.25, 0.3) is 10.9 Å². The lowest BCUT2D eigenvalue weighted by molar-refractivity contribution is 0.0694. The molecule has 216 valence electrons. The predicted molar refractivity (Wildman–Crippen MR) is 152 cm³/mol. The lowest BCUT2D eigenvalue weighted by Gasteiger charge is -2.37. The molecule has 2 fully saturated rings. The van der Waals surface area contributed by atoms with Crippen molar-refractivity contribution >= 4 is 34.2 Å². The monoisotopic (exact) mass is 565 g/mol. The van der Waals surface area contributed by atoms with Crippen molar-refractivity contribution in [3.8, 4) is 11.5 Å². The molecule has 3 aromatic rings. The van der Waals surface area contributed by atoms with Gasteiger partial charge in [-0.1, -0.05) is 0 Å². The highest BCUT2D eigenvalue weighted by Gasteiger charge is 2.32. The molecule has 1 saturated heterocycles. The van der Waals surface area contributed by atoms with E-state index in [0.717, 1.165) is 24.6 Å². The second-order valence-corrected chi connectivity index (χ2v) is 10.2. The first-order valence-electron chi connectivity index (χ1n) is 13.3. The summed E-state index contributed by atoms with van der Waals surface area (Å²) in [5.74, 6) is -1.41. The number of nitrogens with one attached hydrogen (secondary N) is 1. The Labute approximate surface area is 235 Å². The van der Waals surface area contributed by atoms with Crippen LogP contribution in [0.2, 0.25) is 0 Å². The number of benzene rings is 2. The van der Waals surface area contributed by atoms with Crippen molar-refractivity contribution in [3.05, 3.63) is 63.7 Å². The van der Waals surface area contributed by atoms with Gasteiger partial charge in [0.2, 0.25) is 5.43 Å². The smallest absolute Gasteiger partial charge is 0.341 e. The van der Waals surface area contributed by atoms with Crippen LogP contribution in [0.15, 0.2) is 46.4 Å². The molecule has 2 N–H and O–H groups in total. The molecule has 41 heavy (non-hydrogen) atoms. The molecule has 5 rings (SSSR count). The van der Waals surface area contributed by atoms with Gasteiger partial charge in [-0.15, -0.1) is 0 Å². The number of halogens is 1. The van der Waals surface area contributed by atoms with Gasteiger partial charge in [0.05, 0.1) is 25.1 Å². The Morgan fingerprint density at radius 3 is 2.37 bits per heavy atom.